The molecule has 0 atom stereocenters. The molecular weight excluding hydrogens is 659 g/mol. The molecule has 7 rings (SSSR count). The van der Waals surface area contributed by atoms with E-state index in [2.05, 4.69) is 64.1 Å². The summed E-state index contributed by atoms with van der Waals surface area (Å²) >= 11 is 0. The molecule has 0 aliphatic carbocycles. The fourth-order valence-electron chi connectivity index (χ4n) is 4.96. The minimum atomic E-state index is 0. The molecule has 3 aromatic heterocycles. The van der Waals surface area contributed by atoms with Crippen LogP contribution in [0.15, 0.2) is 133 Å². The van der Waals surface area contributed by atoms with Crippen LogP contribution in [0.5, 0.6) is 0 Å². The smallest absolute Gasteiger partial charge is 0.319 e. The zero-order valence-electron chi connectivity index (χ0n) is 20.8. The van der Waals surface area contributed by atoms with Gasteiger partial charge in [0.2, 0.25) is 0 Å². The zero-order valence-corrected chi connectivity index (χ0v) is 23.1. The van der Waals surface area contributed by atoms with Gasteiger partial charge in [-0.2, -0.15) is 48.5 Å². The maximum absolute atomic E-state index is 5.09. The molecule has 0 fully saturated rings. The number of anilines is 3. The van der Waals surface area contributed by atoms with Gasteiger partial charge in [-0.05, 0) is 47.9 Å². The predicted molar refractivity (Wildman–Crippen MR) is 154 cm³/mol. The summed E-state index contributed by atoms with van der Waals surface area (Å²) in [4.78, 5) is 12.3. The van der Waals surface area contributed by atoms with E-state index in [0.29, 0.717) is 0 Å². The van der Waals surface area contributed by atoms with Crippen LogP contribution in [-0.2, 0) is 21.1 Å². The van der Waals surface area contributed by atoms with Gasteiger partial charge >= 0.3 is 21.1 Å². The molecule has 3 heterocycles. The van der Waals surface area contributed by atoms with Crippen molar-refractivity contribution in [1.29, 1.82) is 0 Å². The summed E-state index contributed by atoms with van der Waals surface area (Å²) in [5.41, 5.74) is 5.65. The van der Waals surface area contributed by atoms with E-state index in [1.54, 1.807) is 0 Å². The first kappa shape index (κ1) is 24.8. The van der Waals surface area contributed by atoms with E-state index in [4.69, 9.17) is 9.97 Å². The van der Waals surface area contributed by atoms with Gasteiger partial charge in [0, 0.05) is 11.2 Å². The van der Waals surface area contributed by atoms with Crippen LogP contribution in [0.1, 0.15) is 0 Å². The molecule has 0 aliphatic rings. The van der Waals surface area contributed by atoms with E-state index in [0.717, 1.165) is 50.8 Å². The fourth-order valence-corrected chi connectivity index (χ4v) is 4.96. The molecule has 39 heavy (non-hydrogen) atoms. The summed E-state index contributed by atoms with van der Waals surface area (Å²) < 4.78 is 2.17. The second kappa shape index (κ2) is 10.7. The first-order chi connectivity index (χ1) is 18.9. The number of fused-ring (bicyclic) bond motifs is 3. The van der Waals surface area contributed by atoms with E-state index < -0.39 is 0 Å². The summed E-state index contributed by atoms with van der Waals surface area (Å²) in [5.74, 6) is 1.63. The number of hydrogen-bond donors (Lipinski definition) is 0. The number of nitrogens with zero attached hydrogens (tertiary/aromatic N) is 4. The Bertz CT molecular complexity index is 1790. The number of benzene rings is 4. The van der Waals surface area contributed by atoms with Crippen LogP contribution in [0.4, 0.5) is 17.2 Å². The fraction of sp³-hybridized carbons (Fsp3) is 0. The largest absolute Gasteiger partial charge is 2.00 e. The quantitative estimate of drug-likeness (QED) is 0.172. The third kappa shape index (κ3) is 4.54. The van der Waals surface area contributed by atoms with Gasteiger partial charge in [0.15, 0.2) is 0 Å². The van der Waals surface area contributed by atoms with Crippen molar-refractivity contribution in [3.63, 3.8) is 0 Å². The van der Waals surface area contributed by atoms with Gasteiger partial charge in [-0.3, -0.25) is 0 Å². The van der Waals surface area contributed by atoms with Gasteiger partial charge in [-0.25, -0.2) is 9.97 Å². The first-order valence-corrected chi connectivity index (χ1v) is 12.5. The van der Waals surface area contributed by atoms with Crippen molar-refractivity contribution in [3.05, 3.63) is 146 Å². The molecule has 4 aromatic carbocycles. The Morgan fingerprint density at radius 1 is 0.564 bits per heavy atom. The number of para-hydroxylation sites is 4. The molecule has 4 nitrogen and oxygen atoms in total. The maximum Gasteiger partial charge on any atom is 2.00 e. The van der Waals surface area contributed by atoms with E-state index >= 15 is 0 Å². The van der Waals surface area contributed by atoms with Crippen LogP contribution < -0.4 is 4.90 Å². The second-order valence-electron chi connectivity index (χ2n) is 8.97. The van der Waals surface area contributed by atoms with Crippen molar-refractivity contribution < 1.29 is 21.1 Å². The number of rotatable bonds is 5. The molecular formula is C34H22N4Pt. The number of aromatic nitrogens is 3. The predicted octanol–water partition coefficient (Wildman–Crippen LogP) is 8.31. The van der Waals surface area contributed by atoms with Crippen molar-refractivity contribution in [2.75, 3.05) is 4.90 Å². The van der Waals surface area contributed by atoms with E-state index in [1.165, 1.54) is 5.39 Å². The average molecular weight is 682 g/mol. The van der Waals surface area contributed by atoms with Crippen LogP contribution in [0, 0.1) is 12.1 Å². The molecule has 0 radical (unpaired) electrons. The minimum Gasteiger partial charge on any atom is -0.319 e. The van der Waals surface area contributed by atoms with Crippen LogP contribution in [0.2, 0.25) is 0 Å². The van der Waals surface area contributed by atoms with Crippen LogP contribution in [0.25, 0.3) is 39.0 Å². The summed E-state index contributed by atoms with van der Waals surface area (Å²) in [5, 5.41) is 2.34. The molecule has 188 valence electrons. The summed E-state index contributed by atoms with van der Waals surface area (Å²) in [6, 6.07) is 51.6. The molecule has 0 saturated carbocycles. The van der Waals surface area contributed by atoms with Gasteiger partial charge < -0.3 is 9.47 Å². The molecule has 0 aliphatic heterocycles. The minimum absolute atomic E-state index is 0. The molecule has 0 unspecified atom stereocenters. The van der Waals surface area contributed by atoms with Gasteiger partial charge in [-0.1, -0.05) is 59.7 Å². The molecule has 0 saturated heterocycles. The van der Waals surface area contributed by atoms with E-state index in [-0.39, 0.29) is 21.1 Å². The number of pyridine rings is 2. The molecule has 0 spiro atoms. The van der Waals surface area contributed by atoms with Crippen molar-refractivity contribution in [1.82, 2.24) is 14.5 Å². The van der Waals surface area contributed by atoms with Crippen molar-refractivity contribution in [2.45, 2.75) is 0 Å². The molecule has 5 heteroatoms. The van der Waals surface area contributed by atoms with Crippen molar-refractivity contribution in [3.8, 4) is 17.2 Å². The summed E-state index contributed by atoms with van der Waals surface area (Å²) in [6.07, 6.45) is 0. The molecule has 0 bridgehead atoms. The normalized spacial score (nSPS) is 10.9. The van der Waals surface area contributed by atoms with Crippen LogP contribution >= 0.6 is 0 Å². The van der Waals surface area contributed by atoms with Crippen molar-refractivity contribution >= 4 is 39.0 Å². The third-order valence-corrected chi connectivity index (χ3v) is 6.63. The standard InChI is InChI=1S/C34H22N4.Pt/c1-3-13-25(14-4-1)37(26-15-5-2-6-16-26)33-23-11-19-29(35-33)30-20-12-24-34(36-30)38-31-21-9-7-17-27(31)28-18-8-10-22-32(28)38;/h1-15,17-21,23-24H;/q-2;+2. The van der Waals surface area contributed by atoms with Gasteiger partial charge in [0.05, 0.1) is 11.4 Å². The third-order valence-electron chi connectivity index (χ3n) is 6.63. The topological polar surface area (TPSA) is 34.0 Å². The van der Waals surface area contributed by atoms with Crippen molar-refractivity contribution in [2.24, 2.45) is 0 Å². The maximum atomic E-state index is 5.09. The SMILES string of the molecule is [Pt+2].[c-]1ccccc1N(c1ccccc1)c1cccc(-c2cccc(-n3c4[c-]cccc4c4ccccc43)n2)n1. The zero-order chi connectivity index (χ0) is 25.3. The van der Waals surface area contributed by atoms with Crippen LogP contribution in [-0.4, -0.2) is 14.5 Å². The average Bonchev–Trinajstić information content (AvgIpc) is 3.33. The van der Waals surface area contributed by atoms with Crippen LogP contribution in [0.3, 0.4) is 0 Å². The first-order valence-electron chi connectivity index (χ1n) is 12.5. The summed E-state index contributed by atoms with van der Waals surface area (Å²) in [7, 11) is 0. The van der Waals surface area contributed by atoms with Gasteiger partial charge in [-0.15, -0.1) is 11.5 Å². The van der Waals surface area contributed by atoms with Gasteiger partial charge in [0.1, 0.15) is 11.6 Å². The second-order valence-corrected chi connectivity index (χ2v) is 8.97. The molecule has 0 amide bonds. The van der Waals surface area contributed by atoms with E-state index in [1.807, 2.05) is 91.0 Å². The Labute approximate surface area is 241 Å². The monoisotopic (exact) mass is 681 g/mol. The van der Waals surface area contributed by atoms with Gasteiger partial charge in [0.25, 0.3) is 0 Å². The van der Waals surface area contributed by atoms with E-state index in [9.17, 15) is 0 Å². The molecule has 0 N–H and O–H groups in total. The Morgan fingerprint density at radius 2 is 1.28 bits per heavy atom. The Kier molecular flexibility index (Phi) is 6.79. The Morgan fingerprint density at radius 3 is 2.13 bits per heavy atom. The number of hydrogen-bond acceptors (Lipinski definition) is 3. The Hall–Kier alpha value is -4.53. The molecule has 7 aromatic rings. The Balaban J connectivity index is 0.00000277. The summed E-state index contributed by atoms with van der Waals surface area (Å²) in [6.45, 7) is 0.